The summed E-state index contributed by atoms with van der Waals surface area (Å²) in [5, 5.41) is 11.1. The van der Waals surface area contributed by atoms with Gasteiger partial charge in [-0.15, -0.1) is 0 Å². The maximum absolute atomic E-state index is 10.7. The number of nitrogens with two attached hydrogens (primary N) is 1. The summed E-state index contributed by atoms with van der Waals surface area (Å²) in [6.07, 6.45) is 4.23. The first-order valence-electron chi connectivity index (χ1n) is 10.00. The number of hydrogen-bond donors (Lipinski definition) is 3. The van der Waals surface area contributed by atoms with Gasteiger partial charge < -0.3 is 16.0 Å². The molecule has 5 nitrogen and oxygen atoms in total. The average Bonchev–Trinajstić information content (AvgIpc) is 2.70. The van der Waals surface area contributed by atoms with Crippen LogP contribution in [0, 0.1) is 11.3 Å². The van der Waals surface area contributed by atoms with Gasteiger partial charge in [0.25, 0.3) is 0 Å². The highest BCUT2D eigenvalue weighted by Gasteiger charge is 2.21. The molecule has 148 valence electrons. The number of rotatable bonds is 7. The number of piperidine rings is 1. The Morgan fingerprint density at radius 2 is 1.89 bits per heavy atom. The predicted octanol–water partition coefficient (Wildman–Crippen LogP) is 3.92. The van der Waals surface area contributed by atoms with Crippen molar-refractivity contribution in [1.82, 2.24) is 4.90 Å². The molecule has 0 aliphatic carbocycles. The summed E-state index contributed by atoms with van der Waals surface area (Å²) in [5.74, 6) is 0.738. The van der Waals surface area contributed by atoms with Gasteiger partial charge in [-0.25, -0.2) is 0 Å². The van der Waals surface area contributed by atoms with E-state index in [1.165, 1.54) is 31.5 Å². The molecule has 0 unspecified atom stereocenters. The van der Waals surface area contributed by atoms with Gasteiger partial charge in [0.1, 0.15) is 0 Å². The van der Waals surface area contributed by atoms with Crippen LogP contribution in [0.25, 0.3) is 0 Å². The van der Waals surface area contributed by atoms with Crippen molar-refractivity contribution in [2.24, 2.45) is 5.92 Å². The fourth-order valence-electron chi connectivity index (χ4n) is 3.90. The number of nitrogens with one attached hydrogen (secondary N) is 2. The van der Waals surface area contributed by atoms with Crippen LogP contribution in [0.15, 0.2) is 42.5 Å². The van der Waals surface area contributed by atoms with E-state index in [-0.39, 0.29) is 0 Å². The van der Waals surface area contributed by atoms with E-state index in [1.54, 1.807) is 18.2 Å². The van der Waals surface area contributed by atoms with Crippen molar-refractivity contribution in [3.05, 3.63) is 59.2 Å². The van der Waals surface area contributed by atoms with Gasteiger partial charge >= 0.3 is 0 Å². The third-order valence-electron chi connectivity index (χ3n) is 5.69. The van der Waals surface area contributed by atoms with Gasteiger partial charge in [-0.1, -0.05) is 24.3 Å². The van der Waals surface area contributed by atoms with Gasteiger partial charge in [0, 0.05) is 28.5 Å². The van der Waals surface area contributed by atoms with Crippen LogP contribution in [-0.4, -0.2) is 36.2 Å². The number of benzene rings is 2. The summed E-state index contributed by atoms with van der Waals surface area (Å²) in [7, 11) is 0. The number of hydrogen-bond acceptors (Lipinski definition) is 4. The highest BCUT2D eigenvalue weighted by atomic mass is 16.1. The molecule has 1 heterocycles. The summed E-state index contributed by atoms with van der Waals surface area (Å²) >= 11 is 0. The molecule has 0 saturated carbocycles. The van der Waals surface area contributed by atoms with E-state index in [0.29, 0.717) is 35.1 Å². The van der Waals surface area contributed by atoms with Crippen LogP contribution in [0.4, 0.5) is 11.4 Å². The van der Waals surface area contributed by atoms with E-state index in [1.807, 2.05) is 12.1 Å². The first-order valence-corrected chi connectivity index (χ1v) is 10.00. The van der Waals surface area contributed by atoms with Gasteiger partial charge in [-0.2, -0.15) is 0 Å². The van der Waals surface area contributed by atoms with Crippen molar-refractivity contribution in [2.45, 2.75) is 39.2 Å². The molecule has 4 N–H and O–H groups in total. The maximum Gasteiger partial charge on any atom is 0.211 e. The number of nitrogens with zero attached hydrogens (tertiary/aromatic N) is 1. The highest BCUT2D eigenvalue weighted by molar-refractivity contribution is 6.14. The van der Waals surface area contributed by atoms with Crippen LogP contribution < -0.4 is 11.1 Å². The Bertz CT molecular complexity index is 821. The van der Waals surface area contributed by atoms with E-state index in [4.69, 9.17) is 11.1 Å². The minimum atomic E-state index is 0.365. The van der Waals surface area contributed by atoms with Crippen LogP contribution in [0.3, 0.4) is 0 Å². The molecule has 2 aromatic carbocycles. The van der Waals surface area contributed by atoms with Crippen molar-refractivity contribution in [1.29, 1.82) is 5.41 Å². The van der Waals surface area contributed by atoms with Gasteiger partial charge in [-0.05, 0) is 75.9 Å². The van der Waals surface area contributed by atoms with Crippen molar-refractivity contribution >= 4 is 23.5 Å². The Kier molecular flexibility index (Phi) is 6.47. The van der Waals surface area contributed by atoms with Crippen LogP contribution in [0.2, 0.25) is 0 Å². The fraction of sp³-hybridized carbons (Fsp3) is 0.391. The fourth-order valence-corrected chi connectivity index (χ4v) is 3.90. The Morgan fingerprint density at radius 1 is 1.21 bits per heavy atom. The topological polar surface area (TPSA) is 82.2 Å². The van der Waals surface area contributed by atoms with Crippen molar-refractivity contribution in [3.63, 3.8) is 0 Å². The first-order chi connectivity index (χ1) is 13.5. The Hall–Kier alpha value is -2.66. The van der Waals surface area contributed by atoms with Gasteiger partial charge in [-0.3, -0.25) is 10.2 Å². The summed E-state index contributed by atoms with van der Waals surface area (Å²) in [4.78, 5) is 13.2. The molecule has 1 saturated heterocycles. The molecule has 1 aliphatic heterocycles. The minimum absolute atomic E-state index is 0.365. The molecule has 1 aliphatic rings. The zero-order chi connectivity index (χ0) is 20.1. The second-order valence-corrected chi connectivity index (χ2v) is 7.91. The zero-order valence-electron chi connectivity index (χ0n) is 16.7. The van der Waals surface area contributed by atoms with Gasteiger partial charge in [0.05, 0.1) is 5.71 Å². The van der Waals surface area contributed by atoms with Crippen molar-refractivity contribution in [3.8, 4) is 0 Å². The Labute approximate surface area is 167 Å². The van der Waals surface area contributed by atoms with Crippen LogP contribution in [-0.2, 0) is 11.2 Å². The van der Waals surface area contributed by atoms with Crippen molar-refractivity contribution in [2.75, 3.05) is 24.1 Å². The van der Waals surface area contributed by atoms with E-state index >= 15 is 0 Å². The summed E-state index contributed by atoms with van der Waals surface area (Å²) in [6.45, 7) is 6.92. The minimum Gasteiger partial charge on any atom is -0.398 e. The molecule has 1 amide bonds. The largest absolute Gasteiger partial charge is 0.398 e. The van der Waals surface area contributed by atoms with E-state index in [2.05, 4.69) is 36.2 Å². The lowest BCUT2D eigenvalue weighted by Gasteiger charge is -2.34. The molecule has 5 heteroatoms. The second-order valence-electron chi connectivity index (χ2n) is 7.91. The number of nitrogen functional groups attached to an aromatic ring is 1. The standard InChI is InChI=1S/C23H30N4O/c1-16(2)27-11-9-18(10-12-27)13-17-3-5-19(6-4-17)23(25)21-14-20(26-15-28)7-8-22(21)24/h3-8,14-16,18,25H,9-13,24H2,1-2H3,(H,26,28). The number of likely N-dealkylation sites (tertiary alicyclic amines) is 1. The molecule has 0 atom stereocenters. The molecular formula is C23H30N4O. The summed E-state index contributed by atoms with van der Waals surface area (Å²) < 4.78 is 0. The molecule has 0 radical (unpaired) electrons. The lowest BCUT2D eigenvalue weighted by Crippen LogP contribution is -2.38. The third-order valence-corrected chi connectivity index (χ3v) is 5.69. The molecule has 0 bridgehead atoms. The first kappa shape index (κ1) is 20.1. The Balaban J connectivity index is 1.65. The normalized spacial score (nSPS) is 15.5. The molecule has 0 aromatic heterocycles. The van der Waals surface area contributed by atoms with E-state index < -0.39 is 0 Å². The van der Waals surface area contributed by atoms with Crippen LogP contribution >= 0.6 is 0 Å². The number of carbonyl (C=O) groups excluding carboxylic acids is 1. The highest BCUT2D eigenvalue weighted by Crippen LogP contribution is 2.24. The molecular weight excluding hydrogens is 348 g/mol. The molecule has 0 spiro atoms. The van der Waals surface area contributed by atoms with E-state index in [0.717, 1.165) is 17.9 Å². The molecule has 2 aromatic rings. The number of anilines is 2. The maximum atomic E-state index is 10.7. The van der Waals surface area contributed by atoms with Crippen molar-refractivity contribution < 1.29 is 4.79 Å². The molecule has 1 fully saturated rings. The SMILES string of the molecule is CC(C)N1CCC(Cc2ccc(C(=N)c3cc(NC=O)ccc3N)cc2)CC1. The van der Waals surface area contributed by atoms with Crippen LogP contribution in [0.1, 0.15) is 43.4 Å². The molecule has 3 rings (SSSR count). The number of carbonyl (C=O) groups is 1. The smallest absolute Gasteiger partial charge is 0.211 e. The van der Waals surface area contributed by atoms with E-state index in [9.17, 15) is 4.79 Å². The zero-order valence-corrected chi connectivity index (χ0v) is 16.7. The second kappa shape index (κ2) is 9.02. The lowest BCUT2D eigenvalue weighted by atomic mass is 9.89. The van der Waals surface area contributed by atoms with Gasteiger partial charge in [0.15, 0.2) is 0 Å². The number of amides is 1. The quantitative estimate of drug-likeness (QED) is 0.388. The third kappa shape index (κ3) is 4.78. The van der Waals surface area contributed by atoms with Crippen LogP contribution in [0.5, 0.6) is 0 Å². The van der Waals surface area contributed by atoms with Gasteiger partial charge in [0.2, 0.25) is 6.41 Å². The molecule has 28 heavy (non-hydrogen) atoms. The summed E-state index contributed by atoms with van der Waals surface area (Å²) in [5.41, 5.74) is 10.4. The summed E-state index contributed by atoms with van der Waals surface area (Å²) in [6, 6.07) is 14.1. The predicted molar refractivity (Wildman–Crippen MR) is 116 cm³/mol. The monoisotopic (exact) mass is 378 g/mol. The lowest BCUT2D eigenvalue weighted by molar-refractivity contribution is -0.105. The Morgan fingerprint density at radius 3 is 2.50 bits per heavy atom. The average molecular weight is 379 g/mol.